The van der Waals surface area contributed by atoms with E-state index in [1.165, 1.54) is 0 Å². The average Bonchev–Trinajstić information content (AvgIpc) is 2.31. The average molecular weight is 288 g/mol. The van der Waals surface area contributed by atoms with Gasteiger partial charge in [-0.05, 0) is 38.6 Å². The van der Waals surface area contributed by atoms with E-state index in [0.29, 0.717) is 6.61 Å². The van der Waals surface area contributed by atoms with Crippen molar-refractivity contribution in [2.45, 2.75) is 32.7 Å². The van der Waals surface area contributed by atoms with Gasteiger partial charge in [0.1, 0.15) is 5.54 Å². The topological polar surface area (TPSA) is 41.6 Å². The molecule has 0 amide bonds. The van der Waals surface area contributed by atoms with Crippen LogP contribution in [0.1, 0.15) is 27.2 Å². The summed E-state index contributed by atoms with van der Waals surface area (Å²) in [6.45, 7) is 8.38. The molecule has 0 aromatic heterocycles. The molecule has 19 heavy (non-hydrogen) atoms. The van der Waals surface area contributed by atoms with Gasteiger partial charge in [-0.3, -0.25) is 5.32 Å². The van der Waals surface area contributed by atoms with Crippen LogP contribution in [0.3, 0.4) is 0 Å². The molecule has 1 saturated heterocycles. The summed E-state index contributed by atoms with van der Waals surface area (Å²) in [7, 11) is 4.08. The number of hydrogen-bond donors (Lipinski definition) is 1. The summed E-state index contributed by atoms with van der Waals surface area (Å²) in [5, 5.41) is 3.50. The minimum Gasteiger partial charge on any atom is -0.465 e. The van der Waals surface area contributed by atoms with Gasteiger partial charge < -0.3 is 9.64 Å². The molecule has 5 heteroatoms. The van der Waals surface area contributed by atoms with E-state index in [-0.39, 0.29) is 11.4 Å². The first-order valence-corrected chi connectivity index (χ1v) is 8.16. The van der Waals surface area contributed by atoms with Gasteiger partial charge in [0.15, 0.2) is 0 Å². The zero-order chi connectivity index (χ0) is 14.5. The third kappa shape index (κ3) is 3.86. The predicted octanol–water partition coefficient (Wildman–Crippen LogP) is 1.60. The van der Waals surface area contributed by atoms with Crippen molar-refractivity contribution >= 4 is 17.7 Å². The summed E-state index contributed by atoms with van der Waals surface area (Å²) >= 11 is 1.84. The van der Waals surface area contributed by atoms with Crippen LogP contribution in [0.5, 0.6) is 0 Å². The second-order valence-electron chi connectivity index (χ2n) is 6.04. The van der Waals surface area contributed by atoms with Crippen LogP contribution in [0.15, 0.2) is 0 Å². The van der Waals surface area contributed by atoms with Crippen LogP contribution in [0.2, 0.25) is 0 Å². The number of ether oxygens (including phenoxy) is 1. The molecule has 1 aliphatic rings. The van der Waals surface area contributed by atoms with Crippen molar-refractivity contribution < 1.29 is 9.53 Å². The van der Waals surface area contributed by atoms with Gasteiger partial charge in [-0.15, -0.1) is 0 Å². The lowest BCUT2D eigenvalue weighted by Crippen LogP contribution is -2.66. The highest BCUT2D eigenvalue weighted by Gasteiger charge is 2.53. The van der Waals surface area contributed by atoms with Crippen LogP contribution in [0.4, 0.5) is 0 Å². The van der Waals surface area contributed by atoms with Gasteiger partial charge in [0, 0.05) is 18.8 Å². The molecule has 1 fully saturated rings. The molecule has 112 valence electrons. The maximum absolute atomic E-state index is 12.5. The van der Waals surface area contributed by atoms with E-state index in [2.05, 4.69) is 24.1 Å². The van der Waals surface area contributed by atoms with Crippen molar-refractivity contribution in [1.82, 2.24) is 10.2 Å². The van der Waals surface area contributed by atoms with Crippen LogP contribution in [0, 0.1) is 5.41 Å². The summed E-state index contributed by atoms with van der Waals surface area (Å²) in [5.41, 5.74) is -0.626. The van der Waals surface area contributed by atoms with Gasteiger partial charge in [0.2, 0.25) is 0 Å². The van der Waals surface area contributed by atoms with Crippen molar-refractivity contribution in [2.75, 3.05) is 45.3 Å². The van der Waals surface area contributed by atoms with Crippen molar-refractivity contribution in [3.05, 3.63) is 0 Å². The Kier molecular flexibility index (Phi) is 6.15. The highest BCUT2D eigenvalue weighted by molar-refractivity contribution is 7.99. The molecular formula is C14H28N2O2S. The smallest absolute Gasteiger partial charge is 0.327 e. The van der Waals surface area contributed by atoms with E-state index in [0.717, 1.165) is 31.0 Å². The van der Waals surface area contributed by atoms with Crippen LogP contribution in [-0.4, -0.2) is 61.7 Å². The minimum absolute atomic E-state index is 0.0726. The molecule has 0 saturated carbocycles. The summed E-state index contributed by atoms with van der Waals surface area (Å²) in [6.07, 6.45) is 1.03. The minimum atomic E-state index is -0.554. The van der Waals surface area contributed by atoms with Gasteiger partial charge in [0.25, 0.3) is 0 Å². The van der Waals surface area contributed by atoms with Gasteiger partial charge in [0.05, 0.1) is 6.61 Å². The van der Waals surface area contributed by atoms with Gasteiger partial charge in [-0.2, -0.15) is 11.8 Å². The van der Waals surface area contributed by atoms with E-state index in [1.54, 1.807) is 0 Å². The van der Waals surface area contributed by atoms with Crippen molar-refractivity contribution in [3.63, 3.8) is 0 Å². The Bertz CT molecular complexity index is 308. The Morgan fingerprint density at radius 2 is 2.11 bits per heavy atom. The molecule has 1 rings (SSSR count). The number of thioether (sulfide) groups is 1. The van der Waals surface area contributed by atoms with Crippen LogP contribution >= 0.6 is 11.8 Å². The first-order valence-electron chi connectivity index (χ1n) is 7.00. The molecule has 0 bridgehead atoms. The number of likely N-dealkylation sites (N-methyl/N-ethyl adjacent to an activating group) is 1. The van der Waals surface area contributed by atoms with Crippen molar-refractivity contribution in [3.8, 4) is 0 Å². The fraction of sp³-hybridized carbons (Fsp3) is 0.929. The molecule has 1 aliphatic heterocycles. The van der Waals surface area contributed by atoms with E-state index in [4.69, 9.17) is 4.74 Å². The summed E-state index contributed by atoms with van der Waals surface area (Å²) in [5.74, 6) is 1.82. The number of carbonyl (C=O) groups excluding carboxylic acids is 1. The lowest BCUT2D eigenvalue weighted by atomic mass is 9.70. The van der Waals surface area contributed by atoms with E-state index < -0.39 is 5.54 Å². The van der Waals surface area contributed by atoms with E-state index in [9.17, 15) is 4.79 Å². The van der Waals surface area contributed by atoms with Gasteiger partial charge >= 0.3 is 5.97 Å². The Morgan fingerprint density at radius 3 is 2.63 bits per heavy atom. The lowest BCUT2D eigenvalue weighted by molar-refractivity contribution is -0.156. The fourth-order valence-corrected chi connectivity index (χ4v) is 4.12. The zero-order valence-corrected chi connectivity index (χ0v) is 13.7. The molecule has 0 aromatic rings. The largest absolute Gasteiger partial charge is 0.465 e. The fourth-order valence-electron chi connectivity index (χ4n) is 2.41. The molecule has 4 nitrogen and oxygen atoms in total. The third-order valence-corrected chi connectivity index (χ3v) is 5.08. The maximum atomic E-state index is 12.5. The Hall–Kier alpha value is -0.260. The number of hydrogen-bond acceptors (Lipinski definition) is 5. The van der Waals surface area contributed by atoms with E-state index in [1.807, 2.05) is 32.8 Å². The first kappa shape index (κ1) is 16.8. The second-order valence-corrected chi connectivity index (χ2v) is 7.15. The lowest BCUT2D eigenvalue weighted by Gasteiger charge is -2.48. The predicted molar refractivity (Wildman–Crippen MR) is 81.6 cm³/mol. The molecule has 0 radical (unpaired) electrons. The third-order valence-electron chi connectivity index (χ3n) is 3.95. The number of nitrogens with one attached hydrogen (secondary N) is 1. The maximum Gasteiger partial charge on any atom is 0.327 e. The summed E-state index contributed by atoms with van der Waals surface area (Å²) in [4.78, 5) is 14.6. The van der Waals surface area contributed by atoms with Crippen LogP contribution in [0.25, 0.3) is 0 Å². The molecule has 0 aromatic carbocycles. The normalized spacial score (nSPS) is 26.4. The van der Waals surface area contributed by atoms with Gasteiger partial charge in [-0.25, -0.2) is 4.79 Å². The van der Waals surface area contributed by atoms with E-state index >= 15 is 0 Å². The highest BCUT2D eigenvalue weighted by atomic mass is 32.2. The molecule has 1 heterocycles. The number of esters is 1. The standard InChI is InChI=1S/C14H28N2O2S/c1-6-18-12(17)14(15-8-9-16(4)5)11-19-10-7-13(14,2)3/h15H,6-11H2,1-5H3. The van der Waals surface area contributed by atoms with Gasteiger partial charge in [-0.1, -0.05) is 13.8 Å². The van der Waals surface area contributed by atoms with Crippen LogP contribution in [-0.2, 0) is 9.53 Å². The Labute approximate surface area is 121 Å². The number of carbonyl (C=O) groups is 1. The molecule has 1 unspecified atom stereocenters. The molecule has 0 aliphatic carbocycles. The van der Waals surface area contributed by atoms with Crippen molar-refractivity contribution in [2.24, 2.45) is 5.41 Å². The summed E-state index contributed by atoms with van der Waals surface area (Å²) in [6, 6.07) is 0. The number of rotatable bonds is 6. The quantitative estimate of drug-likeness (QED) is 0.752. The molecule has 1 N–H and O–H groups in total. The highest BCUT2D eigenvalue weighted by Crippen LogP contribution is 2.43. The molecular weight excluding hydrogens is 260 g/mol. The Morgan fingerprint density at radius 1 is 1.42 bits per heavy atom. The second kappa shape index (κ2) is 6.95. The SMILES string of the molecule is CCOC(=O)C1(NCCN(C)C)CSCCC1(C)C. The first-order chi connectivity index (χ1) is 8.85. The number of nitrogens with zero attached hydrogens (tertiary/aromatic N) is 1. The molecule has 1 atom stereocenters. The monoisotopic (exact) mass is 288 g/mol. The molecule has 0 spiro atoms. The van der Waals surface area contributed by atoms with Crippen LogP contribution < -0.4 is 5.32 Å². The zero-order valence-electron chi connectivity index (χ0n) is 12.9. The Balaban J connectivity index is 2.85. The summed E-state index contributed by atoms with van der Waals surface area (Å²) < 4.78 is 5.35. The van der Waals surface area contributed by atoms with Crippen molar-refractivity contribution in [1.29, 1.82) is 0 Å².